The van der Waals surface area contributed by atoms with Crippen molar-refractivity contribution in [2.45, 2.75) is 38.4 Å². The van der Waals surface area contributed by atoms with E-state index in [0.717, 1.165) is 29.0 Å². The lowest BCUT2D eigenvalue weighted by molar-refractivity contribution is -0.137. The van der Waals surface area contributed by atoms with Crippen LogP contribution in [-0.4, -0.2) is 45.4 Å². The van der Waals surface area contributed by atoms with Crippen molar-refractivity contribution in [3.05, 3.63) is 65.0 Å². The van der Waals surface area contributed by atoms with Crippen LogP contribution in [0.3, 0.4) is 0 Å². The van der Waals surface area contributed by atoms with Crippen LogP contribution in [0, 0.1) is 6.92 Å². The Kier molecular flexibility index (Phi) is 5.72. The Labute approximate surface area is 205 Å². The van der Waals surface area contributed by atoms with Crippen LogP contribution in [0.5, 0.6) is 0 Å². The number of carbonyl (C=O) groups is 1. The van der Waals surface area contributed by atoms with Gasteiger partial charge in [-0.3, -0.25) is 4.79 Å². The third kappa shape index (κ3) is 4.12. The van der Waals surface area contributed by atoms with E-state index in [9.17, 15) is 18.0 Å². The molecule has 2 unspecified atom stereocenters. The molecule has 2 atom stereocenters. The maximum atomic E-state index is 13.4. The van der Waals surface area contributed by atoms with Gasteiger partial charge in [0.25, 0.3) is 5.91 Å². The second-order valence-corrected chi connectivity index (χ2v) is 9.58. The fourth-order valence-corrected chi connectivity index (χ4v) is 4.95. The zero-order valence-electron chi connectivity index (χ0n) is 19.3. The van der Waals surface area contributed by atoms with E-state index in [1.807, 2.05) is 44.0 Å². The van der Waals surface area contributed by atoms with Crippen molar-refractivity contribution >= 4 is 34.1 Å². The highest BCUT2D eigenvalue weighted by molar-refractivity contribution is 6.21. The molecule has 0 bridgehead atoms. The number of aromatic nitrogens is 2. The molecule has 3 aromatic rings. The van der Waals surface area contributed by atoms with E-state index in [1.165, 1.54) is 12.3 Å². The van der Waals surface area contributed by atoms with E-state index in [4.69, 9.17) is 11.6 Å². The van der Waals surface area contributed by atoms with E-state index in [2.05, 4.69) is 15.4 Å². The van der Waals surface area contributed by atoms with Crippen LogP contribution in [-0.2, 0) is 11.0 Å². The number of aryl methyl sites for hydroxylation is 1. The molecule has 182 valence electrons. The average molecular weight is 502 g/mol. The standard InChI is InChI=1S/C25H23ClF3N5O/c1-13-10-16(23-30-12-17-11-18(25(27,28)29)5-6-19(17)31-23)4-7-20(13)33-8-9-34-22(24(33)35)14(2)21(32-34)15(3)26/h4-7,10-12,15,21,32H,8-9H2,1-3H3. The minimum absolute atomic E-state index is 0.0839. The van der Waals surface area contributed by atoms with Gasteiger partial charge in [-0.25, -0.2) is 15.4 Å². The highest BCUT2D eigenvalue weighted by Crippen LogP contribution is 2.34. The molecule has 2 aliphatic rings. The molecule has 2 aromatic carbocycles. The van der Waals surface area contributed by atoms with E-state index in [-0.39, 0.29) is 17.3 Å². The molecule has 1 aromatic heterocycles. The summed E-state index contributed by atoms with van der Waals surface area (Å²) in [5.74, 6) is 0.319. The monoisotopic (exact) mass is 501 g/mol. The van der Waals surface area contributed by atoms with Gasteiger partial charge in [0, 0.05) is 29.4 Å². The first kappa shape index (κ1) is 23.6. The summed E-state index contributed by atoms with van der Waals surface area (Å²) in [5, 5.41) is 2.05. The van der Waals surface area contributed by atoms with Gasteiger partial charge in [-0.15, -0.1) is 11.6 Å². The molecule has 0 spiro atoms. The molecule has 5 rings (SSSR count). The fourth-order valence-electron chi connectivity index (χ4n) is 4.70. The Morgan fingerprint density at radius 3 is 2.60 bits per heavy atom. The van der Waals surface area contributed by atoms with Crippen molar-refractivity contribution in [1.82, 2.24) is 20.4 Å². The Morgan fingerprint density at radius 1 is 1.14 bits per heavy atom. The predicted molar refractivity (Wildman–Crippen MR) is 129 cm³/mol. The first-order valence-corrected chi connectivity index (χ1v) is 11.6. The van der Waals surface area contributed by atoms with Crippen molar-refractivity contribution < 1.29 is 18.0 Å². The van der Waals surface area contributed by atoms with Gasteiger partial charge in [0.1, 0.15) is 5.70 Å². The number of carbonyl (C=O) groups excluding carboxylic acids is 1. The van der Waals surface area contributed by atoms with Crippen LogP contribution in [0.15, 0.2) is 53.9 Å². The average Bonchev–Trinajstić information content (AvgIpc) is 3.16. The summed E-state index contributed by atoms with van der Waals surface area (Å²) in [5.41, 5.74) is 6.94. The molecule has 1 saturated heterocycles. The lowest BCUT2D eigenvalue weighted by atomic mass is 10.0. The number of piperazine rings is 1. The highest BCUT2D eigenvalue weighted by Gasteiger charge is 2.40. The molecule has 0 aliphatic carbocycles. The van der Waals surface area contributed by atoms with Gasteiger partial charge < -0.3 is 9.91 Å². The molecule has 35 heavy (non-hydrogen) atoms. The number of hydrogen-bond acceptors (Lipinski definition) is 5. The summed E-state index contributed by atoms with van der Waals surface area (Å²) < 4.78 is 39.0. The Hall–Kier alpha value is -3.17. The topological polar surface area (TPSA) is 61.4 Å². The summed E-state index contributed by atoms with van der Waals surface area (Å²) in [6.45, 7) is 6.88. The minimum atomic E-state index is -4.42. The molecule has 1 N–H and O–H groups in total. The normalized spacial score (nSPS) is 19.5. The predicted octanol–water partition coefficient (Wildman–Crippen LogP) is 5.06. The maximum Gasteiger partial charge on any atom is 0.416 e. The summed E-state index contributed by atoms with van der Waals surface area (Å²) in [6, 6.07) is 8.90. The Balaban J connectivity index is 1.44. The van der Waals surface area contributed by atoms with Gasteiger partial charge in [-0.05, 0) is 68.3 Å². The summed E-state index contributed by atoms with van der Waals surface area (Å²) in [4.78, 5) is 23.9. The van der Waals surface area contributed by atoms with Gasteiger partial charge in [-0.1, -0.05) is 0 Å². The number of anilines is 1. The van der Waals surface area contributed by atoms with Crippen molar-refractivity contribution in [1.29, 1.82) is 0 Å². The molecular formula is C25H23ClF3N5O. The number of nitrogens with one attached hydrogen (secondary N) is 1. The number of nitrogens with zero attached hydrogens (tertiary/aromatic N) is 4. The van der Waals surface area contributed by atoms with Crippen molar-refractivity contribution in [2.75, 3.05) is 18.0 Å². The lowest BCUT2D eigenvalue weighted by Crippen LogP contribution is -2.52. The fraction of sp³-hybridized carbons (Fsp3) is 0.320. The number of alkyl halides is 4. The first-order valence-electron chi connectivity index (χ1n) is 11.2. The van der Waals surface area contributed by atoms with E-state index in [0.29, 0.717) is 41.1 Å². The number of hydrazine groups is 1. The second kappa shape index (κ2) is 8.49. The van der Waals surface area contributed by atoms with Gasteiger partial charge in [-0.2, -0.15) is 13.2 Å². The Morgan fingerprint density at radius 2 is 1.91 bits per heavy atom. The zero-order chi connectivity index (χ0) is 25.1. The van der Waals surface area contributed by atoms with Crippen LogP contribution in [0.25, 0.3) is 22.3 Å². The molecule has 1 amide bonds. The largest absolute Gasteiger partial charge is 0.416 e. The highest BCUT2D eigenvalue weighted by atomic mass is 35.5. The van der Waals surface area contributed by atoms with Crippen molar-refractivity contribution in [2.24, 2.45) is 0 Å². The summed E-state index contributed by atoms with van der Waals surface area (Å²) in [6.07, 6.45) is -3.02. The summed E-state index contributed by atoms with van der Waals surface area (Å²) in [7, 11) is 0. The van der Waals surface area contributed by atoms with E-state index in [1.54, 1.807) is 4.90 Å². The molecule has 1 fully saturated rings. The van der Waals surface area contributed by atoms with Gasteiger partial charge in [0.05, 0.1) is 29.0 Å². The third-order valence-electron chi connectivity index (χ3n) is 6.51. The number of halogens is 4. The van der Waals surface area contributed by atoms with E-state index >= 15 is 0 Å². The third-order valence-corrected chi connectivity index (χ3v) is 6.76. The Bertz CT molecular complexity index is 1370. The van der Waals surface area contributed by atoms with Gasteiger partial charge >= 0.3 is 6.18 Å². The van der Waals surface area contributed by atoms with Crippen LogP contribution < -0.4 is 10.3 Å². The molecule has 2 aliphatic heterocycles. The molecule has 10 heteroatoms. The molecule has 6 nitrogen and oxygen atoms in total. The van der Waals surface area contributed by atoms with Gasteiger partial charge in [0.2, 0.25) is 0 Å². The van der Waals surface area contributed by atoms with Crippen LogP contribution in [0.4, 0.5) is 18.9 Å². The number of benzene rings is 2. The van der Waals surface area contributed by atoms with Crippen molar-refractivity contribution in [3.63, 3.8) is 0 Å². The number of amides is 1. The molecule has 0 saturated carbocycles. The minimum Gasteiger partial charge on any atom is -0.305 e. The van der Waals surface area contributed by atoms with E-state index < -0.39 is 11.7 Å². The zero-order valence-corrected chi connectivity index (χ0v) is 20.1. The number of fused-ring (bicyclic) bond motifs is 2. The van der Waals surface area contributed by atoms with Gasteiger partial charge in [0.15, 0.2) is 5.82 Å². The first-order chi connectivity index (χ1) is 16.5. The smallest absolute Gasteiger partial charge is 0.305 e. The quantitative estimate of drug-likeness (QED) is 0.508. The van der Waals surface area contributed by atoms with Crippen LogP contribution >= 0.6 is 11.6 Å². The summed E-state index contributed by atoms with van der Waals surface area (Å²) >= 11 is 6.30. The van der Waals surface area contributed by atoms with Crippen molar-refractivity contribution in [3.8, 4) is 11.4 Å². The SMILES string of the molecule is CC1=C2C(=O)N(c3ccc(-c4ncc5cc(C(F)(F)F)ccc5n4)cc3C)CCN2NC1C(C)Cl. The lowest BCUT2D eigenvalue weighted by Gasteiger charge is -2.35. The molecular weight excluding hydrogens is 479 g/mol. The number of hydrogen-bond donors (Lipinski definition) is 1. The molecule has 3 heterocycles. The number of rotatable bonds is 3. The van der Waals surface area contributed by atoms with Crippen LogP contribution in [0.2, 0.25) is 0 Å². The van der Waals surface area contributed by atoms with Crippen LogP contribution in [0.1, 0.15) is 25.0 Å². The second-order valence-electron chi connectivity index (χ2n) is 8.89. The molecule has 0 radical (unpaired) electrons. The maximum absolute atomic E-state index is 13.4.